The maximum absolute atomic E-state index is 11.7. The Kier molecular flexibility index (Phi) is 4.73. The summed E-state index contributed by atoms with van der Waals surface area (Å²) in [5.74, 6) is 0.795. The van der Waals surface area contributed by atoms with Crippen LogP contribution in [0, 0.1) is 0 Å². The molecule has 0 aliphatic rings. The van der Waals surface area contributed by atoms with E-state index in [1.807, 2.05) is 17.5 Å². The molecule has 0 aliphatic heterocycles. The second kappa shape index (κ2) is 6.52. The van der Waals surface area contributed by atoms with E-state index < -0.39 is 0 Å². The molecule has 0 bridgehead atoms. The van der Waals surface area contributed by atoms with Crippen LogP contribution in [0.5, 0.6) is 5.75 Å². The summed E-state index contributed by atoms with van der Waals surface area (Å²) in [6, 6.07) is 5.43. The highest BCUT2D eigenvalue weighted by atomic mass is 35.5. The summed E-state index contributed by atoms with van der Waals surface area (Å²) in [5.41, 5.74) is 0. The van der Waals surface area contributed by atoms with Crippen molar-refractivity contribution in [3.63, 3.8) is 0 Å². The van der Waals surface area contributed by atoms with E-state index in [1.54, 1.807) is 18.5 Å². The zero-order chi connectivity index (χ0) is 12.8. The van der Waals surface area contributed by atoms with Gasteiger partial charge in [-0.3, -0.25) is 9.78 Å². The molecule has 0 saturated heterocycles. The number of hydrogen-bond donors (Lipinski definition) is 0. The Bertz CT molecular complexity index is 513. The third kappa shape index (κ3) is 3.82. The number of rotatable bonds is 6. The van der Waals surface area contributed by atoms with Gasteiger partial charge in [0, 0.05) is 18.7 Å². The van der Waals surface area contributed by atoms with Gasteiger partial charge in [0.25, 0.3) is 0 Å². The van der Waals surface area contributed by atoms with Crippen LogP contribution in [0.4, 0.5) is 0 Å². The lowest BCUT2D eigenvalue weighted by Gasteiger charge is -2.05. The highest BCUT2D eigenvalue weighted by Gasteiger charge is 2.06. The second-order valence-corrected chi connectivity index (χ2v) is 5.08. The first-order valence-corrected chi connectivity index (χ1v) is 6.81. The Morgan fingerprint density at radius 2 is 2.33 bits per heavy atom. The number of carbonyl (C=O) groups is 1. The van der Waals surface area contributed by atoms with Gasteiger partial charge in [-0.2, -0.15) is 0 Å². The van der Waals surface area contributed by atoms with Crippen molar-refractivity contribution < 1.29 is 9.53 Å². The lowest BCUT2D eigenvalue weighted by Crippen LogP contribution is -2.02. The molecule has 0 saturated carbocycles. The van der Waals surface area contributed by atoms with Gasteiger partial charge in [-0.05, 0) is 17.9 Å². The minimum absolute atomic E-state index is 0.165. The third-order valence-electron chi connectivity index (χ3n) is 2.29. The first-order chi connectivity index (χ1) is 8.75. The van der Waals surface area contributed by atoms with Crippen LogP contribution in [0.1, 0.15) is 22.5 Å². The van der Waals surface area contributed by atoms with Gasteiger partial charge in [-0.1, -0.05) is 17.7 Å². The molecule has 0 spiro atoms. The van der Waals surface area contributed by atoms with Crippen molar-refractivity contribution in [2.24, 2.45) is 0 Å². The lowest BCUT2D eigenvalue weighted by atomic mass is 10.2. The highest BCUT2D eigenvalue weighted by Crippen LogP contribution is 2.16. The zero-order valence-corrected chi connectivity index (χ0v) is 11.2. The summed E-state index contributed by atoms with van der Waals surface area (Å²) in [5, 5.41) is 2.45. The molecule has 0 aliphatic carbocycles. The molecule has 0 atom stereocenters. The molecular formula is C13H12ClNO2S. The number of pyridine rings is 1. The van der Waals surface area contributed by atoms with E-state index in [2.05, 4.69) is 4.98 Å². The number of ether oxygens (including phenoxy) is 1. The number of Topliss-reactive ketones (excluding diaryl/α,β-unsaturated/α-hetero) is 1. The fourth-order valence-electron chi connectivity index (χ4n) is 1.45. The van der Waals surface area contributed by atoms with Crippen LogP contribution >= 0.6 is 22.9 Å². The van der Waals surface area contributed by atoms with Crippen LogP contribution in [-0.2, 0) is 0 Å². The molecule has 2 aromatic rings. The van der Waals surface area contributed by atoms with Crippen molar-refractivity contribution in [1.82, 2.24) is 4.98 Å². The lowest BCUT2D eigenvalue weighted by molar-refractivity contribution is 0.0977. The van der Waals surface area contributed by atoms with Gasteiger partial charge in [0.05, 0.1) is 22.7 Å². The minimum Gasteiger partial charge on any atom is -0.492 e. The normalized spacial score (nSPS) is 10.3. The van der Waals surface area contributed by atoms with Crippen molar-refractivity contribution in [2.75, 3.05) is 6.61 Å². The van der Waals surface area contributed by atoms with E-state index in [4.69, 9.17) is 16.3 Å². The first kappa shape index (κ1) is 13.1. The Morgan fingerprint density at radius 3 is 3.06 bits per heavy atom. The molecule has 5 heteroatoms. The van der Waals surface area contributed by atoms with E-state index in [0.29, 0.717) is 30.2 Å². The van der Waals surface area contributed by atoms with E-state index in [9.17, 15) is 4.79 Å². The monoisotopic (exact) mass is 281 g/mol. The van der Waals surface area contributed by atoms with Crippen molar-refractivity contribution in [3.05, 3.63) is 45.9 Å². The molecule has 18 heavy (non-hydrogen) atoms. The Hall–Kier alpha value is -1.39. The molecule has 3 nitrogen and oxygen atoms in total. The minimum atomic E-state index is 0.165. The van der Waals surface area contributed by atoms with Crippen LogP contribution in [0.3, 0.4) is 0 Å². The average molecular weight is 282 g/mol. The molecule has 94 valence electrons. The number of ketones is 1. The molecule has 0 amide bonds. The van der Waals surface area contributed by atoms with Gasteiger partial charge in [-0.15, -0.1) is 11.3 Å². The summed E-state index contributed by atoms with van der Waals surface area (Å²) in [7, 11) is 0. The van der Waals surface area contributed by atoms with Crippen molar-refractivity contribution in [2.45, 2.75) is 12.8 Å². The number of carbonyl (C=O) groups excluding carboxylic acids is 1. The van der Waals surface area contributed by atoms with E-state index in [1.165, 1.54) is 11.3 Å². The molecule has 2 aromatic heterocycles. The fraction of sp³-hybridized carbons (Fsp3) is 0.231. The smallest absolute Gasteiger partial charge is 0.172 e. The largest absolute Gasteiger partial charge is 0.492 e. The van der Waals surface area contributed by atoms with Gasteiger partial charge in [0.1, 0.15) is 5.75 Å². The van der Waals surface area contributed by atoms with Gasteiger partial charge >= 0.3 is 0 Å². The standard InChI is InChI=1S/C13H12ClNO2S/c14-10-7-11(9-15-8-10)17-5-1-3-12(16)13-4-2-6-18-13/h2,4,6-9H,1,3,5H2. The third-order valence-corrected chi connectivity index (χ3v) is 3.41. The van der Waals surface area contributed by atoms with E-state index in [-0.39, 0.29) is 5.78 Å². The average Bonchev–Trinajstić information content (AvgIpc) is 2.88. The fourth-order valence-corrected chi connectivity index (χ4v) is 2.31. The van der Waals surface area contributed by atoms with Crippen LogP contribution in [0.2, 0.25) is 5.02 Å². The predicted molar refractivity (Wildman–Crippen MR) is 72.6 cm³/mol. The summed E-state index contributed by atoms with van der Waals surface area (Å²) in [6.07, 6.45) is 4.33. The summed E-state index contributed by atoms with van der Waals surface area (Å²) >= 11 is 7.25. The summed E-state index contributed by atoms with van der Waals surface area (Å²) < 4.78 is 5.46. The number of aromatic nitrogens is 1. The molecule has 0 fully saturated rings. The van der Waals surface area contributed by atoms with Crippen LogP contribution in [0.15, 0.2) is 36.0 Å². The molecular weight excluding hydrogens is 270 g/mol. The van der Waals surface area contributed by atoms with Gasteiger partial charge in [-0.25, -0.2) is 0 Å². The predicted octanol–water partition coefficient (Wildman–Crippen LogP) is 3.84. The maximum Gasteiger partial charge on any atom is 0.172 e. The number of hydrogen-bond acceptors (Lipinski definition) is 4. The molecule has 0 N–H and O–H groups in total. The quantitative estimate of drug-likeness (QED) is 0.596. The number of thiophene rings is 1. The second-order valence-electron chi connectivity index (χ2n) is 3.69. The van der Waals surface area contributed by atoms with Crippen molar-refractivity contribution in [3.8, 4) is 5.75 Å². The molecule has 0 aromatic carbocycles. The van der Waals surface area contributed by atoms with Gasteiger partial charge in [0.15, 0.2) is 5.78 Å². The topological polar surface area (TPSA) is 39.2 Å². The van der Waals surface area contributed by atoms with Gasteiger partial charge < -0.3 is 4.74 Å². The van der Waals surface area contributed by atoms with Crippen LogP contribution in [0.25, 0.3) is 0 Å². The molecule has 2 heterocycles. The Balaban J connectivity index is 1.72. The number of nitrogens with zero attached hydrogens (tertiary/aromatic N) is 1. The molecule has 2 rings (SSSR count). The zero-order valence-electron chi connectivity index (χ0n) is 9.64. The van der Waals surface area contributed by atoms with Gasteiger partial charge in [0.2, 0.25) is 0 Å². The summed E-state index contributed by atoms with van der Waals surface area (Å²) in [4.78, 5) is 16.4. The maximum atomic E-state index is 11.7. The van der Waals surface area contributed by atoms with Crippen molar-refractivity contribution >= 4 is 28.7 Å². The number of halogens is 1. The molecule has 0 radical (unpaired) electrons. The van der Waals surface area contributed by atoms with Crippen LogP contribution in [-0.4, -0.2) is 17.4 Å². The van der Waals surface area contributed by atoms with E-state index in [0.717, 1.165) is 4.88 Å². The van der Waals surface area contributed by atoms with Crippen molar-refractivity contribution in [1.29, 1.82) is 0 Å². The Morgan fingerprint density at radius 1 is 1.44 bits per heavy atom. The van der Waals surface area contributed by atoms with E-state index >= 15 is 0 Å². The molecule has 0 unspecified atom stereocenters. The summed E-state index contributed by atoms with van der Waals surface area (Å²) in [6.45, 7) is 0.485. The SMILES string of the molecule is O=C(CCCOc1cncc(Cl)c1)c1cccs1. The highest BCUT2D eigenvalue weighted by molar-refractivity contribution is 7.12. The Labute approximate surface area is 114 Å². The van der Waals surface area contributed by atoms with Crippen LogP contribution < -0.4 is 4.74 Å². The first-order valence-electron chi connectivity index (χ1n) is 5.56.